The molecule has 156 valence electrons. The second-order valence-corrected chi connectivity index (χ2v) is 8.80. The van der Waals surface area contributed by atoms with Gasteiger partial charge in [0, 0.05) is 55.2 Å². The van der Waals surface area contributed by atoms with Gasteiger partial charge in [-0.1, -0.05) is 6.07 Å². The number of nitrogens with two attached hydrogens (primary N) is 1. The van der Waals surface area contributed by atoms with Crippen LogP contribution in [0.5, 0.6) is 0 Å². The van der Waals surface area contributed by atoms with Crippen molar-refractivity contribution < 1.29 is 4.79 Å². The Labute approximate surface area is 176 Å². The molecule has 2 aromatic heterocycles. The van der Waals surface area contributed by atoms with Gasteiger partial charge < -0.3 is 20.5 Å². The normalized spacial score (nSPS) is 23.5. The maximum absolute atomic E-state index is 13.1. The highest BCUT2D eigenvalue weighted by Gasteiger charge is 2.41. The van der Waals surface area contributed by atoms with Gasteiger partial charge in [-0.3, -0.25) is 4.79 Å². The Morgan fingerprint density at radius 3 is 2.87 bits per heavy atom. The van der Waals surface area contributed by atoms with Gasteiger partial charge in [-0.05, 0) is 61.6 Å². The van der Waals surface area contributed by atoms with E-state index in [1.165, 1.54) is 0 Å². The number of aromatic amines is 1. The summed E-state index contributed by atoms with van der Waals surface area (Å²) in [6, 6.07) is 10.2. The van der Waals surface area contributed by atoms with E-state index in [-0.39, 0.29) is 11.9 Å². The molecule has 1 aliphatic heterocycles. The molecule has 3 atom stereocenters. The van der Waals surface area contributed by atoms with Crippen LogP contribution in [0.4, 0.5) is 11.8 Å². The van der Waals surface area contributed by atoms with Crippen LogP contribution in [0, 0.1) is 18.8 Å². The number of piperidine rings is 1. The fourth-order valence-electron chi connectivity index (χ4n) is 5.26. The lowest BCUT2D eigenvalue weighted by atomic mass is 9.89. The van der Waals surface area contributed by atoms with E-state index >= 15 is 0 Å². The highest BCUT2D eigenvalue weighted by Crippen LogP contribution is 2.41. The van der Waals surface area contributed by atoms with Crippen molar-refractivity contribution in [1.29, 1.82) is 0 Å². The van der Waals surface area contributed by atoms with Gasteiger partial charge in [-0.2, -0.15) is 4.98 Å². The standard InChI is InChI=1S/C23H28N6O/c1-14-9-21(27-23(24)26-14)29-8-6-16-10-19(11-18(16)13-29)28(2)22(30)17-4-3-15-5-7-25-20(15)12-17/h3-5,7,9,12,16,18-19,25H,6,8,10-11,13H2,1-2H3,(H2,24,26,27)/t16-,18-,19+/m1/s1. The molecule has 1 amide bonds. The summed E-state index contributed by atoms with van der Waals surface area (Å²) >= 11 is 0. The maximum atomic E-state index is 13.1. The molecule has 2 aliphatic rings. The Kier molecular flexibility index (Phi) is 4.60. The summed E-state index contributed by atoms with van der Waals surface area (Å²) in [6.07, 6.45) is 5.15. The van der Waals surface area contributed by atoms with E-state index in [0.29, 0.717) is 17.8 Å². The van der Waals surface area contributed by atoms with Gasteiger partial charge in [-0.15, -0.1) is 0 Å². The Morgan fingerprint density at radius 2 is 2.03 bits per heavy atom. The van der Waals surface area contributed by atoms with Crippen LogP contribution < -0.4 is 10.6 Å². The number of hydrogen-bond acceptors (Lipinski definition) is 5. The summed E-state index contributed by atoms with van der Waals surface area (Å²) in [5.74, 6) is 2.59. The minimum absolute atomic E-state index is 0.103. The van der Waals surface area contributed by atoms with Crippen molar-refractivity contribution in [2.24, 2.45) is 11.8 Å². The molecule has 0 spiro atoms. The van der Waals surface area contributed by atoms with E-state index in [0.717, 1.165) is 60.3 Å². The minimum atomic E-state index is 0.103. The van der Waals surface area contributed by atoms with Crippen molar-refractivity contribution in [2.75, 3.05) is 30.8 Å². The molecule has 3 N–H and O–H groups in total. The van der Waals surface area contributed by atoms with E-state index in [4.69, 9.17) is 5.73 Å². The average Bonchev–Trinajstić information content (AvgIpc) is 3.37. The lowest BCUT2D eigenvalue weighted by molar-refractivity contribution is 0.0731. The highest BCUT2D eigenvalue weighted by molar-refractivity contribution is 5.98. The van der Waals surface area contributed by atoms with Gasteiger partial charge in [0.1, 0.15) is 5.82 Å². The number of nitrogens with one attached hydrogen (secondary N) is 1. The number of aryl methyl sites for hydroxylation is 1. The summed E-state index contributed by atoms with van der Waals surface area (Å²) < 4.78 is 0. The molecule has 0 unspecified atom stereocenters. The topological polar surface area (TPSA) is 91.1 Å². The molecule has 1 saturated carbocycles. The zero-order chi connectivity index (χ0) is 20.8. The van der Waals surface area contributed by atoms with Gasteiger partial charge in [0.05, 0.1) is 0 Å². The van der Waals surface area contributed by atoms with Crippen molar-refractivity contribution in [2.45, 2.75) is 32.2 Å². The van der Waals surface area contributed by atoms with Crippen LogP contribution in [0.1, 0.15) is 35.3 Å². The zero-order valence-electron chi connectivity index (χ0n) is 17.5. The average molecular weight is 405 g/mol. The summed E-state index contributed by atoms with van der Waals surface area (Å²) in [5, 5.41) is 1.13. The van der Waals surface area contributed by atoms with Gasteiger partial charge in [0.2, 0.25) is 5.95 Å². The molecule has 3 aromatic rings. The van der Waals surface area contributed by atoms with Gasteiger partial charge in [0.25, 0.3) is 5.91 Å². The molecular formula is C23H28N6O. The molecule has 7 heteroatoms. The number of carbonyl (C=O) groups excluding carboxylic acids is 1. The first-order chi connectivity index (χ1) is 14.5. The van der Waals surface area contributed by atoms with Crippen LogP contribution >= 0.6 is 0 Å². The fourth-order valence-corrected chi connectivity index (χ4v) is 5.26. The third-order valence-corrected chi connectivity index (χ3v) is 6.89. The largest absolute Gasteiger partial charge is 0.368 e. The molecule has 1 saturated heterocycles. The molecule has 3 heterocycles. The number of carbonyl (C=O) groups is 1. The van der Waals surface area contributed by atoms with Crippen LogP contribution in [0.15, 0.2) is 36.5 Å². The van der Waals surface area contributed by atoms with E-state index in [1.54, 1.807) is 0 Å². The van der Waals surface area contributed by atoms with E-state index < -0.39 is 0 Å². The van der Waals surface area contributed by atoms with Gasteiger partial charge in [0.15, 0.2) is 0 Å². The number of aromatic nitrogens is 3. The van der Waals surface area contributed by atoms with Crippen LogP contribution in [-0.2, 0) is 0 Å². The third-order valence-electron chi connectivity index (χ3n) is 6.89. The highest BCUT2D eigenvalue weighted by atomic mass is 16.2. The molecule has 2 fully saturated rings. The number of nitrogens with zero attached hydrogens (tertiary/aromatic N) is 4. The summed E-state index contributed by atoms with van der Waals surface area (Å²) in [6.45, 7) is 3.89. The van der Waals surface area contributed by atoms with Crippen molar-refractivity contribution >= 4 is 28.6 Å². The smallest absolute Gasteiger partial charge is 0.253 e. The van der Waals surface area contributed by atoms with Crippen molar-refractivity contribution in [1.82, 2.24) is 19.9 Å². The number of hydrogen-bond donors (Lipinski definition) is 2. The quantitative estimate of drug-likeness (QED) is 0.699. The molecule has 1 aromatic carbocycles. The number of H-pyrrole nitrogens is 1. The van der Waals surface area contributed by atoms with Crippen LogP contribution in [0.25, 0.3) is 10.9 Å². The minimum Gasteiger partial charge on any atom is -0.368 e. The third kappa shape index (κ3) is 3.38. The van der Waals surface area contributed by atoms with E-state index in [1.807, 2.05) is 55.4 Å². The lowest BCUT2D eigenvalue weighted by Crippen LogP contribution is -2.39. The summed E-state index contributed by atoms with van der Waals surface area (Å²) in [5.41, 5.74) is 8.50. The second kappa shape index (κ2) is 7.31. The van der Waals surface area contributed by atoms with Crippen LogP contribution in [0.3, 0.4) is 0 Å². The van der Waals surface area contributed by atoms with Crippen molar-refractivity contribution in [3.8, 4) is 0 Å². The van der Waals surface area contributed by atoms with Gasteiger partial charge >= 0.3 is 0 Å². The Balaban J connectivity index is 1.28. The Bertz CT molecular complexity index is 1070. The number of fused-ring (bicyclic) bond motifs is 2. The Hall–Kier alpha value is -3.09. The van der Waals surface area contributed by atoms with E-state index in [9.17, 15) is 4.79 Å². The molecular weight excluding hydrogens is 376 g/mol. The first kappa shape index (κ1) is 18.9. The first-order valence-electron chi connectivity index (χ1n) is 10.7. The number of amides is 1. The number of anilines is 2. The molecule has 1 aliphatic carbocycles. The second-order valence-electron chi connectivity index (χ2n) is 8.80. The SMILES string of the molecule is Cc1cc(N2CC[C@@H]3C[C@H](N(C)C(=O)c4ccc5cc[nH]c5c4)C[C@@H]3C2)nc(N)n1. The predicted molar refractivity (Wildman–Crippen MR) is 118 cm³/mol. The molecule has 5 rings (SSSR count). The van der Waals surface area contributed by atoms with Gasteiger partial charge in [-0.25, -0.2) is 4.98 Å². The predicted octanol–water partition coefficient (Wildman–Crippen LogP) is 3.23. The van der Waals surface area contributed by atoms with Crippen LogP contribution in [-0.4, -0.2) is 51.9 Å². The molecule has 7 nitrogen and oxygen atoms in total. The fraction of sp³-hybridized carbons (Fsp3) is 0.435. The van der Waals surface area contributed by atoms with Crippen molar-refractivity contribution in [3.05, 3.63) is 47.8 Å². The summed E-state index contributed by atoms with van der Waals surface area (Å²) in [4.78, 5) is 29.2. The maximum Gasteiger partial charge on any atom is 0.253 e. The first-order valence-corrected chi connectivity index (χ1v) is 10.7. The molecule has 0 bridgehead atoms. The van der Waals surface area contributed by atoms with E-state index in [2.05, 4.69) is 19.9 Å². The Morgan fingerprint density at radius 1 is 1.20 bits per heavy atom. The number of benzene rings is 1. The lowest BCUT2D eigenvalue weighted by Gasteiger charge is -2.35. The molecule has 30 heavy (non-hydrogen) atoms. The zero-order valence-corrected chi connectivity index (χ0v) is 17.5. The monoisotopic (exact) mass is 404 g/mol. The molecule has 0 radical (unpaired) electrons. The van der Waals surface area contributed by atoms with Crippen LogP contribution in [0.2, 0.25) is 0 Å². The summed E-state index contributed by atoms with van der Waals surface area (Å²) in [7, 11) is 1.95. The number of nitrogen functional groups attached to an aromatic ring is 1. The van der Waals surface area contributed by atoms with Crippen molar-refractivity contribution in [3.63, 3.8) is 0 Å². The number of rotatable bonds is 3.